The standard InChI is InChI=1S/C11H19N2/c1-3-5-6-9-13-10-7-8-12-11(13)4-2/h7-8H,2-6,9-10H2,1H3. The second-order valence-electron chi connectivity index (χ2n) is 3.33. The molecule has 73 valence electrons. The largest absolute Gasteiger partial charge is 0.356 e. The molecule has 0 fully saturated rings. The summed E-state index contributed by atoms with van der Waals surface area (Å²) >= 11 is 0. The molecule has 0 atom stereocenters. The predicted molar refractivity (Wildman–Crippen MR) is 57.6 cm³/mol. The van der Waals surface area contributed by atoms with E-state index in [0.29, 0.717) is 0 Å². The second-order valence-corrected chi connectivity index (χ2v) is 3.33. The van der Waals surface area contributed by atoms with Gasteiger partial charge in [-0.2, -0.15) is 0 Å². The highest BCUT2D eigenvalue weighted by Gasteiger charge is 2.09. The number of unbranched alkanes of at least 4 members (excludes halogenated alkanes) is 2. The van der Waals surface area contributed by atoms with Crippen LogP contribution >= 0.6 is 0 Å². The number of nitrogens with zero attached hydrogens (tertiary/aromatic N) is 2. The van der Waals surface area contributed by atoms with Gasteiger partial charge in [0.05, 0.1) is 0 Å². The van der Waals surface area contributed by atoms with Crippen LogP contribution < -0.4 is 0 Å². The van der Waals surface area contributed by atoms with E-state index in [2.05, 4.69) is 29.8 Å². The number of aliphatic imine (C=N–C) groups is 1. The Morgan fingerprint density at radius 2 is 2.38 bits per heavy atom. The fourth-order valence-corrected chi connectivity index (χ4v) is 1.50. The highest BCUT2D eigenvalue weighted by Crippen LogP contribution is 2.06. The Bertz CT molecular complexity index is 194. The van der Waals surface area contributed by atoms with E-state index in [-0.39, 0.29) is 0 Å². The van der Waals surface area contributed by atoms with Crippen LogP contribution in [0.1, 0.15) is 32.6 Å². The zero-order valence-electron chi connectivity index (χ0n) is 8.50. The summed E-state index contributed by atoms with van der Waals surface area (Å²) in [6.45, 7) is 8.25. The molecule has 0 aromatic heterocycles. The normalized spacial score (nSPS) is 16.2. The minimum absolute atomic E-state index is 0.802. The van der Waals surface area contributed by atoms with Crippen molar-refractivity contribution in [3.63, 3.8) is 0 Å². The van der Waals surface area contributed by atoms with E-state index in [4.69, 9.17) is 0 Å². The van der Waals surface area contributed by atoms with Crippen LogP contribution in [-0.4, -0.2) is 23.8 Å². The van der Waals surface area contributed by atoms with Gasteiger partial charge in [0.1, 0.15) is 5.84 Å². The Kier molecular flexibility index (Phi) is 4.58. The van der Waals surface area contributed by atoms with E-state index < -0.39 is 0 Å². The molecule has 0 N–H and O–H groups in total. The second kappa shape index (κ2) is 5.79. The van der Waals surface area contributed by atoms with Gasteiger partial charge in [-0.25, -0.2) is 4.99 Å². The van der Waals surface area contributed by atoms with Crippen molar-refractivity contribution in [2.24, 2.45) is 4.99 Å². The van der Waals surface area contributed by atoms with Crippen LogP contribution in [0.25, 0.3) is 0 Å². The van der Waals surface area contributed by atoms with Crippen LogP contribution in [0, 0.1) is 6.92 Å². The Labute approximate surface area is 81.3 Å². The van der Waals surface area contributed by atoms with Crippen LogP contribution in [0.3, 0.4) is 0 Å². The summed E-state index contributed by atoms with van der Waals surface area (Å²) in [5.74, 6) is 1.14. The molecule has 13 heavy (non-hydrogen) atoms. The first-order valence-corrected chi connectivity index (χ1v) is 5.14. The third-order valence-electron chi connectivity index (χ3n) is 2.27. The Balaban J connectivity index is 2.32. The molecule has 1 heterocycles. The molecule has 1 radical (unpaired) electrons. The summed E-state index contributed by atoms with van der Waals surface area (Å²) in [4.78, 5) is 6.63. The molecule has 0 saturated carbocycles. The molecular formula is C11H19N2. The van der Waals surface area contributed by atoms with Crippen LogP contribution in [0.2, 0.25) is 0 Å². The van der Waals surface area contributed by atoms with Gasteiger partial charge < -0.3 is 4.90 Å². The highest BCUT2D eigenvalue weighted by atomic mass is 15.2. The van der Waals surface area contributed by atoms with E-state index >= 15 is 0 Å². The van der Waals surface area contributed by atoms with Crippen molar-refractivity contribution in [3.8, 4) is 0 Å². The fourth-order valence-electron chi connectivity index (χ4n) is 1.50. The molecular weight excluding hydrogens is 160 g/mol. The smallest absolute Gasteiger partial charge is 0.104 e. The van der Waals surface area contributed by atoms with Crippen LogP contribution in [-0.2, 0) is 0 Å². The van der Waals surface area contributed by atoms with Crippen molar-refractivity contribution in [1.29, 1.82) is 0 Å². The van der Waals surface area contributed by atoms with Gasteiger partial charge in [0.2, 0.25) is 0 Å². The maximum atomic E-state index is 4.31. The van der Waals surface area contributed by atoms with Gasteiger partial charge in [0, 0.05) is 25.7 Å². The predicted octanol–water partition coefficient (Wildman–Crippen LogP) is 2.63. The highest BCUT2D eigenvalue weighted by molar-refractivity contribution is 5.84. The zero-order valence-corrected chi connectivity index (χ0v) is 8.50. The lowest BCUT2D eigenvalue weighted by Crippen LogP contribution is -2.33. The molecule has 0 aromatic rings. The van der Waals surface area contributed by atoms with Crippen molar-refractivity contribution in [1.82, 2.24) is 4.90 Å². The van der Waals surface area contributed by atoms with Crippen molar-refractivity contribution < 1.29 is 0 Å². The average Bonchev–Trinajstić information content (AvgIpc) is 2.19. The monoisotopic (exact) mass is 179 g/mol. The fraction of sp³-hybridized carbons (Fsp3) is 0.636. The van der Waals surface area contributed by atoms with Gasteiger partial charge in [-0.05, 0) is 19.4 Å². The van der Waals surface area contributed by atoms with E-state index in [9.17, 15) is 0 Å². The van der Waals surface area contributed by atoms with E-state index in [1.807, 2.05) is 6.20 Å². The minimum atomic E-state index is 0.802. The lowest BCUT2D eigenvalue weighted by molar-refractivity contribution is 0.430. The number of hydrogen-bond acceptors (Lipinski definition) is 2. The van der Waals surface area contributed by atoms with Gasteiger partial charge in [-0.3, -0.25) is 0 Å². The average molecular weight is 179 g/mol. The van der Waals surface area contributed by atoms with Gasteiger partial charge in [-0.15, -0.1) is 0 Å². The van der Waals surface area contributed by atoms with Crippen molar-refractivity contribution >= 4 is 5.84 Å². The topological polar surface area (TPSA) is 15.6 Å². The van der Waals surface area contributed by atoms with Gasteiger partial charge in [0.15, 0.2) is 0 Å². The summed E-state index contributed by atoms with van der Waals surface area (Å²) in [5, 5.41) is 0. The molecule has 2 heteroatoms. The van der Waals surface area contributed by atoms with Crippen molar-refractivity contribution in [2.45, 2.75) is 32.6 Å². The van der Waals surface area contributed by atoms with Gasteiger partial charge in [-0.1, -0.05) is 19.8 Å². The molecule has 1 aliphatic heterocycles. The maximum absolute atomic E-state index is 4.31. The Morgan fingerprint density at radius 3 is 3.08 bits per heavy atom. The maximum Gasteiger partial charge on any atom is 0.104 e. The number of amidine groups is 1. The number of rotatable bonds is 5. The summed E-state index contributed by atoms with van der Waals surface area (Å²) in [6, 6.07) is 0. The summed E-state index contributed by atoms with van der Waals surface area (Å²) in [5.41, 5.74) is 0. The minimum Gasteiger partial charge on any atom is -0.356 e. The lowest BCUT2D eigenvalue weighted by Gasteiger charge is -2.26. The third-order valence-corrected chi connectivity index (χ3v) is 2.27. The van der Waals surface area contributed by atoms with E-state index in [1.54, 1.807) is 0 Å². The summed E-state index contributed by atoms with van der Waals surface area (Å²) in [7, 11) is 0. The van der Waals surface area contributed by atoms with Gasteiger partial charge >= 0.3 is 0 Å². The first kappa shape index (κ1) is 10.3. The Hall–Kier alpha value is -0.790. The molecule has 0 spiro atoms. The van der Waals surface area contributed by atoms with Crippen LogP contribution in [0.4, 0.5) is 0 Å². The molecule has 0 aromatic carbocycles. The quantitative estimate of drug-likeness (QED) is 0.592. The van der Waals surface area contributed by atoms with Crippen LogP contribution in [0.5, 0.6) is 0 Å². The molecule has 1 rings (SSSR count). The first-order valence-electron chi connectivity index (χ1n) is 5.14. The molecule has 0 saturated heterocycles. The SMILES string of the molecule is [CH2]CC1=NC=CCN1CCCCC. The third kappa shape index (κ3) is 3.21. The van der Waals surface area contributed by atoms with E-state index in [1.165, 1.54) is 19.3 Å². The van der Waals surface area contributed by atoms with Crippen molar-refractivity contribution in [2.75, 3.05) is 13.1 Å². The zero-order chi connectivity index (χ0) is 9.52. The molecule has 0 amide bonds. The molecule has 1 aliphatic rings. The summed E-state index contributed by atoms with van der Waals surface area (Å²) in [6.07, 6.45) is 8.65. The number of hydrogen-bond donors (Lipinski definition) is 0. The van der Waals surface area contributed by atoms with E-state index in [0.717, 1.165) is 25.3 Å². The molecule has 0 aliphatic carbocycles. The summed E-state index contributed by atoms with van der Waals surface area (Å²) < 4.78 is 0. The lowest BCUT2D eigenvalue weighted by atomic mass is 10.2. The molecule has 0 unspecified atom stereocenters. The van der Waals surface area contributed by atoms with Crippen LogP contribution in [0.15, 0.2) is 17.3 Å². The molecule has 0 bridgehead atoms. The van der Waals surface area contributed by atoms with Gasteiger partial charge in [0.25, 0.3) is 0 Å². The first-order chi connectivity index (χ1) is 6.38. The van der Waals surface area contributed by atoms with Crippen molar-refractivity contribution in [3.05, 3.63) is 19.2 Å². The molecule has 2 nitrogen and oxygen atoms in total. The Morgan fingerprint density at radius 1 is 1.54 bits per heavy atom.